The molecule has 0 aromatic carbocycles. The van der Waals surface area contributed by atoms with Crippen LogP contribution in [0.3, 0.4) is 0 Å². The Morgan fingerprint density at radius 1 is 1.21 bits per heavy atom. The van der Waals surface area contributed by atoms with Crippen LogP contribution in [0.15, 0.2) is 0 Å². The lowest BCUT2D eigenvalue weighted by Crippen LogP contribution is -2.37. The van der Waals surface area contributed by atoms with Gasteiger partial charge in [0.15, 0.2) is 0 Å². The molecule has 0 atom stereocenters. The molecule has 14 heavy (non-hydrogen) atoms. The van der Waals surface area contributed by atoms with Crippen LogP contribution in [0.1, 0.15) is 33.1 Å². The second-order valence-corrected chi connectivity index (χ2v) is 3.81. The molecule has 0 spiro atoms. The number of unbranched alkanes of at least 4 members (excludes halogenated alkanes) is 2. The van der Waals surface area contributed by atoms with Crippen molar-refractivity contribution in [3.05, 3.63) is 0 Å². The number of amides is 2. The van der Waals surface area contributed by atoms with E-state index in [1.807, 2.05) is 0 Å². The predicted molar refractivity (Wildman–Crippen MR) is 57.2 cm³/mol. The van der Waals surface area contributed by atoms with E-state index in [0.717, 1.165) is 19.3 Å². The van der Waals surface area contributed by atoms with Gasteiger partial charge in [-0.25, -0.2) is 4.79 Å². The van der Waals surface area contributed by atoms with Crippen molar-refractivity contribution in [3.8, 4) is 0 Å². The molecule has 0 aliphatic carbocycles. The maximum absolute atomic E-state index is 11.1. The SMILES string of the molecule is CC(C)CNC(=O)NCCCCCO. The molecule has 0 saturated heterocycles. The minimum absolute atomic E-state index is 0.0947. The molecule has 0 radical (unpaired) electrons. The summed E-state index contributed by atoms with van der Waals surface area (Å²) in [5.74, 6) is 0.482. The average Bonchev–Trinajstić information content (AvgIpc) is 2.14. The summed E-state index contributed by atoms with van der Waals surface area (Å²) in [7, 11) is 0. The predicted octanol–water partition coefficient (Wildman–Crippen LogP) is 1.10. The summed E-state index contributed by atoms with van der Waals surface area (Å²) in [6.45, 7) is 5.75. The molecule has 0 fully saturated rings. The molecule has 0 aromatic heterocycles. The number of aliphatic hydroxyl groups excluding tert-OH is 1. The Labute approximate surface area is 86.1 Å². The molecule has 0 bridgehead atoms. The zero-order valence-corrected chi connectivity index (χ0v) is 9.18. The minimum atomic E-state index is -0.0947. The van der Waals surface area contributed by atoms with E-state index in [9.17, 15) is 4.79 Å². The Kier molecular flexibility index (Phi) is 8.33. The summed E-state index contributed by atoms with van der Waals surface area (Å²) in [5.41, 5.74) is 0. The highest BCUT2D eigenvalue weighted by Crippen LogP contribution is 1.91. The first-order chi connectivity index (χ1) is 6.66. The van der Waals surface area contributed by atoms with Gasteiger partial charge in [0.05, 0.1) is 0 Å². The summed E-state index contributed by atoms with van der Waals surface area (Å²) >= 11 is 0. The average molecular weight is 202 g/mol. The summed E-state index contributed by atoms with van der Waals surface area (Å²) in [6, 6.07) is -0.0947. The lowest BCUT2D eigenvalue weighted by atomic mass is 10.2. The molecule has 0 aliphatic heterocycles. The van der Waals surface area contributed by atoms with Gasteiger partial charge in [-0.15, -0.1) is 0 Å². The van der Waals surface area contributed by atoms with Crippen molar-refractivity contribution in [1.82, 2.24) is 10.6 Å². The second kappa shape index (κ2) is 8.81. The van der Waals surface area contributed by atoms with Gasteiger partial charge in [-0.2, -0.15) is 0 Å². The maximum Gasteiger partial charge on any atom is 0.314 e. The molecule has 4 heteroatoms. The van der Waals surface area contributed by atoms with Gasteiger partial charge < -0.3 is 15.7 Å². The lowest BCUT2D eigenvalue weighted by molar-refractivity contribution is 0.239. The number of carbonyl (C=O) groups excluding carboxylic acids is 1. The van der Waals surface area contributed by atoms with Gasteiger partial charge in [0.25, 0.3) is 0 Å². The van der Waals surface area contributed by atoms with Crippen LogP contribution in [0.5, 0.6) is 0 Å². The normalized spacial score (nSPS) is 10.3. The third-order valence-corrected chi connectivity index (χ3v) is 1.79. The van der Waals surface area contributed by atoms with E-state index in [0.29, 0.717) is 19.0 Å². The summed E-state index contributed by atoms with van der Waals surface area (Å²) in [5, 5.41) is 14.1. The highest BCUT2D eigenvalue weighted by atomic mass is 16.2. The van der Waals surface area contributed by atoms with Gasteiger partial charge >= 0.3 is 6.03 Å². The summed E-state index contributed by atoms with van der Waals surface area (Å²) < 4.78 is 0. The number of rotatable bonds is 7. The van der Waals surface area contributed by atoms with E-state index < -0.39 is 0 Å². The fraction of sp³-hybridized carbons (Fsp3) is 0.900. The summed E-state index contributed by atoms with van der Waals surface area (Å²) in [4.78, 5) is 11.1. The Balaban J connectivity index is 3.18. The molecule has 0 unspecified atom stereocenters. The zero-order valence-electron chi connectivity index (χ0n) is 9.18. The Hall–Kier alpha value is -0.770. The van der Waals surface area contributed by atoms with Crippen LogP contribution in [-0.2, 0) is 0 Å². The molecule has 4 nitrogen and oxygen atoms in total. The number of hydrogen-bond acceptors (Lipinski definition) is 2. The van der Waals surface area contributed by atoms with Crippen LogP contribution in [-0.4, -0.2) is 30.8 Å². The molecule has 0 heterocycles. The van der Waals surface area contributed by atoms with Crippen molar-refractivity contribution in [2.24, 2.45) is 5.92 Å². The highest BCUT2D eigenvalue weighted by Gasteiger charge is 1.99. The van der Waals surface area contributed by atoms with Crippen molar-refractivity contribution < 1.29 is 9.90 Å². The topological polar surface area (TPSA) is 61.4 Å². The van der Waals surface area contributed by atoms with Crippen molar-refractivity contribution in [2.45, 2.75) is 33.1 Å². The first kappa shape index (κ1) is 13.2. The molecule has 0 aliphatic rings. The van der Waals surface area contributed by atoms with Crippen LogP contribution < -0.4 is 10.6 Å². The van der Waals surface area contributed by atoms with Crippen molar-refractivity contribution in [2.75, 3.05) is 19.7 Å². The van der Waals surface area contributed by atoms with E-state index in [4.69, 9.17) is 5.11 Å². The van der Waals surface area contributed by atoms with Crippen LogP contribution in [0, 0.1) is 5.92 Å². The molecule has 0 aromatic rings. The van der Waals surface area contributed by atoms with E-state index in [2.05, 4.69) is 24.5 Å². The van der Waals surface area contributed by atoms with Crippen LogP contribution >= 0.6 is 0 Å². The third-order valence-electron chi connectivity index (χ3n) is 1.79. The van der Waals surface area contributed by atoms with Crippen LogP contribution in [0.2, 0.25) is 0 Å². The monoisotopic (exact) mass is 202 g/mol. The largest absolute Gasteiger partial charge is 0.396 e. The van der Waals surface area contributed by atoms with Gasteiger partial charge in [0.2, 0.25) is 0 Å². The number of urea groups is 1. The first-order valence-electron chi connectivity index (χ1n) is 5.29. The molecule has 84 valence electrons. The van der Waals surface area contributed by atoms with Crippen LogP contribution in [0.25, 0.3) is 0 Å². The quantitative estimate of drug-likeness (QED) is 0.541. The van der Waals surface area contributed by atoms with E-state index >= 15 is 0 Å². The lowest BCUT2D eigenvalue weighted by Gasteiger charge is -2.08. The molecule has 3 N–H and O–H groups in total. The molecule has 0 saturated carbocycles. The smallest absolute Gasteiger partial charge is 0.314 e. The second-order valence-electron chi connectivity index (χ2n) is 3.81. The number of carbonyl (C=O) groups is 1. The third kappa shape index (κ3) is 9.32. The standard InChI is InChI=1S/C10H22N2O2/c1-9(2)8-12-10(14)11-6-4-3-5-7-13/h9,13H,3-8H2,1-2H3,(H2,11,12,14). The van der Waals surface area contributed by atoms with Gasteiger partial charge in [0.1, 0.15) is 0 Å². The van der Waals surface area contributed by atoms with Crippen LogP contribution in [0.4, 0.5) is 4.79 Å². The maximum atomic E-state index is 11.1. The van der Waals surface area contributed by atoms with Crippen molar-refractivity contribution >= 4 is 6.03 Å². The van der Waals surface area contributed by atoms with Gasteiger partial charge in [-0.1, -0.05) is 13.8 Å². The van der Waals surface area contributed by atoms with Crippen molar-refractivity contribution in [1.29, 1.82) is 0 Å². The zero-order chi connectivity index (χ0) is 10.8. The number of nitrogens with one attached hydrogen (secondary N) is 2. The fourth-order valence-electron chi connectivity index (χ4n) is 0.975. The van der Waals surface area contributed by atoms with Crippen molar-refractivity contribution in [3.63, 3.8) is 0 Å². The fourth-order valence-corrected chi connectivity index (χ4v) is 0.975. The van der Waals surface area contributed by atoms with E-state index in [1.165, 1.54) is 0 Å². The van der Waals surface area contributed by atoms with Gasteiger partial charge in [-0.05, 0) is 25.2 Å². The first-order valence-corrected chi connectivity index (χ1v) is 5.29. The van der Waals surface area contributed by atoms with E-state index in [-0.39, 0.29) is 12.6 Å². The Bertz CT molecular complexity index is 149. The Morgan fingerprint density at radius 3 is 2.50 bits per heavy atom. The molecule has 2 amide bonds. The van der Waals surface area contributed by atoms with Gasteiger partial charge in [0, 0.05) is 19.7 Å². The Morgan fingerprint density at radius 2 is 1.93 bits per heavy atom. The minimum Gasteiger partial charge on any atom is -0.396 e. The highest BCUT2D eigenvalue weighted by molar-refractivity contribution is 5.73. The summed E-state index contributed by atoms with van der Waals surface area (Å²) in [6.07, 6.45) is 2.70. The van der Waals surface area contributed by atoms with Gasteiger partial charge in [-0.3, -0.25) is 0 Å². The number of hydrogen-bond donors (Lipinski definition) is 3. The molecular formula is C10H22N2O2. The molecule has 0 rings (SSSR count). The molecular weight excluding hydrogens is 180 g/mol. The number of aliphatic hydroxyl groups is 1. The van der Waals surface area contributed by atoms with E-state index in [1.54, 1.807) is 0 Å².